The molecule has 3 rings (SSSR count). The molecular formula is C13H16N4O5S. The molecule has 0 aliphatic carbocycles. The molecule has 2 saturated heterocycles. The molecule has 10 heteroatoms. The molecule has 2 fully saturated rings. The van der Waals surface area contributed by atoms with Crippen LogP contribution in [0.4, 0.5) is 5.69 Å². The molecule has 2 aliphatic heterocycles. The number of nitrogens with zero attached hydrogens (tertiary/aromatic N) is 2. The first kappa shape index (κ1) is 15.8. The average Bonchev–Trinajstić information content (AvgIpc) is 2.54. The molecule has 0 bridgehead atoms. The number of nitro benzene ring substituents is 1. The van der Waals surface area contributed by atoms with Crippen molar-refractivity contribution in [1.82, 2.24) is 14.9 Å². The zero-order valence-electron chi connectivity index (χ0n) is 12.1. The summed E-state index contributed by atoms with van der Waals surface area (Å²) in [7, 11) is -3.99. The Kier molecular flexibility index (Phi) is 4.04. The minimum Gasteiger partial charge on any atom is -0.349 e. The highest BCUT2D eigenvalue weighted by molar-refractivity contribution is 7.89. The van der Waals surface area contributed by atoms with Gasteiger partial charge in [-0.3, -0.25) is 14.9 Å². The van der Waals surface area contributed by atoms with Crippen LogP contribution < -0.4 is 10.6 Å². The van der Waals surface area contributed by atoms with Gasteiger partial charge in [0, 0.05) is 25.2 Å². The van der Waals surface area contributed by atoms with E-state index in [-0.39, 0.29) is 42.5 Å². The van der Waals surface area contributed by atoms with Crippen molar-refractivity contribution in [2.45, 2.75) is 23.4 Å². The number of piperidine rings is 1. The maximum atomic E-state index is 12.8. The zero-order chi connectivity index (χ0) is 16.6. The average molecular weight is 340 g/mol. The zero-order valence-corrected chi connectivity index (χ0v) is 13.0. The highest BCUT2D eigenvalue weighted by atomic mass is 32.2. The molecule has 124 valence electrons. The maximum Gasteiger partial charge on any atom is 0.289 e. The summed E-state index contributed by atoms with van der Waals surface area (Å²) in [5, 5.41) is 16.9. The van der Waals surface area contributed by atoms with Gasteiger partial charge in [0.05, 0.1) is 17.5 Å². The van der Waals surface area contributed by atoms with Gasteiger partial charge in [-0.05, 0) is 12.5 Å². The third-order valence-corrected chi connectivity index (χ3v) is 6.04. The molecule has 0 saturated carbocycles. The van der Waals surface area contributed by atoms with Gasteiger partial charge in [-0.1, -0.05) is 12.1 Å². The van der Waals surface area contributed by atoms with Crippen molar-refractivity contribution in [2.75, 3.05) is 19.6 Å². The number of carbonyl (C=O) groups is 1. The van der Waals surface area contributed by atoms with Crippen LogP contribution in [0.15, 0.2) is 29.2 Å². The van der Waals surface area contributed by atoms with Crippen molar-refractivity contribution in [3.8, 4) is 0 Å². The second kappa shape index (κ2) is 5.87. The van der Waals surface area contributed by atoms with Gasteiger partial charge in [0.1, 0.15) is 0 Å². The Labute approximate surface area is 132 Å². The largest absolute Gasteiger partial charge is 0.349 e. The van der Waals surface area contributed by atoms with Gasteiger partial charge < -0.3 is 10.6 Å². The van der Waals surface area contributed by atoms with E-state index in [0.29, 0.717) is 6.42 Å². The van der Waals surface area contributed by atoms with Crippen LogP contribution in [-0.4, -0.2) is 55.3 Å². The van der Waals surface area contributed by atoms with Crippen molar-refractivity contribution in [3.05, 3.63) is 34.4 Å². The van der Waals surface area contributed by atoms with E-state index in [0.717, 1.165) is 0 Å². The smallest absolute Gasteiger partial charge is 0.289 e. The molecule has 2 aliphatic rings. The van der Waals surface area contributed by atoms with Crippen LogP contribution in [0.2, 0.25) is 0 Å². The third-order valence-electron chi connectivity index (χ3n) is 4.13. The number of hydrogen-bond acceptors (Lipinski definition) is 6. The standard InChI is InChI=1S/C13H16N4O5S/c18-13-7-14-9-5-6-16(8-10(9)15-13)23(21,22)12-4-2-1-3-11(12)17(19)20/h1-4,9-10,14H,5-8H2,(H,15,18)/t9-,10+/m0/s1. The van der Waals surface area contributed by atoms with Crippen LogP contribution in [0.25, 0.3) is 0 Å². The monoisotopic (exact) mass is 340 g/mol. The number of fused-ring (bicyclic) bond motifs is 1. The summed E-state index contributed by atoms with van der Waals surface area (Å²) >= 11 is 0. The Morgan fingerprint density at radius 1 is 1.26 bits per heavy atom. The molecule has 2 heterocycles. The highest BCUT2D eigenvalue weighted by Crippen LogP contribution is 2.28. The Hall–Kier alpha value is -2.04. The van der Waals surface area contributed by atoms with E-state index >= 15 is 0 Å². The topological polar surface area (TPSA) is 122 Å². The second-order valence-electron chi connectivity index (χ2n) is 5.54. The molecular weight excluding hydrogens is 324 g/mol. The summed E-state index contributed by atoms with van der Waals surface area (Å²) in [4.78, 5) is 21.5. The Morgan fingerprint density at radius 2 is 2.00 bits per heavy atom. The predicted molar refractivity (Wildman–Crippen MR) is 80.2 cm³/mol. The van der Waals surface area contributed by atoms with E-state index < -0.39 is 20.6 Å². The number of carbonyl (C=O) groups excluding carboxylic acids is 1. The summed E-state index contributed by atoms with van der Waals surface area (Å²) in [5.41, 5.74) is -0.444. The van der Waals surface area contributed by atoms with Gasteiger partial charge in [-0.25, -0.2) is 8.42 Å². The first-order valence-corrected chi connectivity index (χ1v) is 8.60. The molecule has 0 radical (unpaired) electrons. The number of para-hydroxylation sites is 1. The van der Waals surface area contributed by atoms with Crippen molar-refractivity contribution in [1.29, 1.82) is 0 Å². The minimum atomic E-state index is -3.99. The van der Waals surface area contributed by atoms with Crippen LogP contribution in [0.3, 0.4) is 0 Å². The van der Waals surface area contributed by atoms with E-state index in [1.165, 1.54) is 28.6 Å². The lowest BCUT2D eigenvalue weighted by molar-refractivity contribution is -0.387. The SMILES string of the molecule is O=C1CN[C@H]2CCN(S(=O)(=O)c3ccccc3[N+](=O)[O-])C[C@H]2N1. The number of nitrogens with one attached hydrogen (secondary N) is 2. The van der Waals surface area contributed by atoms with E-state index in [9.17, 15) is 23.3 Å². The summed E-state index contributed by atoms with van der Waals surface area (Å²) in [5.74, 6) is -0.184. The normalized spacial score (nSPS) is 25.5. The van der Waals surface area contributed by atoms with Crippen molar-refractivity contribution >= 4 is 21.6 Å². The maximum absolute atomic E-state index is 12.8. The minimum absolute atomic E-state index is 0.0184. The molecule has 1 aromatic rings. The van der Waals surface area contributed by atoms with Crippen LogP contribution in [-0.2, 0) is 14.8 Å². The summed E-state index contributed by atoms with van der Waals surface area (Å²) in [6.45, 7) is 0.564. The van der Waals surface area contributed by atoms with Gasteiger partial charge in [0.2, 0.25) is 15.9 Å². The number of nitro groups is 1. The number of sulfonamides is 1. The van der Waals surface area contributed by atoms with E-state index in [4.69, 9.17) is 0 Å². The number of hydrogen-bond donors (Lipinski definition) is 2. The van der Waals surface area contributed by atoms with Crippen LogP contribution in [0.1, 0.15) is 6.42 Å². The quantitative estimate of drug-likeness (QED) is 0.562. The van der Waals surface area contributed by atoms with Crippen LogP contribution in [0.5, 0.6) is 0 Å². The Morgan fingerprint density at radius 3 is 2.74 bits per heavy atom. The van der Waals surface area contributed by atoms with Gasteiger partial charge in [0.15, 0.2) is 4.90 Å². The number of amides is 1. The lowest BCUT2D eigenvalue weighted by Gasteiger charge is -2.41. The van der Waals surface area contributed by atoms with E-state index in [1.807, 2.05) is 0 Å². The fourth-order valence-corrected chi connectivity index (χ4v) is 4.62. The van der Waals surface area contributed by atoms with Crippen LogP contribution >= 0.6 is 0 Å². The van der Waals surface area contributed by atoms with E-state index in [1.54, 1.807) is 0 Å². The van der Waals surface area contributed by atoms with Gasteiger partial charge in [-0.2, -0.15) is 4.31 Å². The molecule has 0 unspecified atom stereocenters. The van der Waals surface area contributed by atoms with Gasteiger partial charge >= 0.3 is 0 Å². The van der Waals surface area contributed by atoms with Crippen molar-refractivity contribution in [2.24, 2.45) is 0 Å². The van der Waals surface area contributed by atoms with E-state index in [2.05, 4.69) is 10.6 Å². The molecule has 2 atom stereocenters. The lowest BCUT2D eigenvalue weighted by Crippen LogP contribution is -2.65. The molecule has 23 heavy (non-hydrogen) atoms. The van der Waals surface area contributed by atoms with Crippen LogP contribution in [0, 0.1) is 10.1 Å². The molecule has 2 N–H and O–H groups in total. The molecule has 0 spiro atoms. The van der Waals surface area contributed by atoms with Gasteiger partial charge in [-0.15, -0.1) is 0 Å². The Bertz CT molecular complexity index is 750. The molecule has 9 nitrogen and oxygen atoms in total. The predicted octanol–water partition coefficient (Wildman–Crippen LogP) is -0.554. The molecule has 0 aromatic heterocycles. The summed E-state index contributed by atoms with van der Waals surface area (Å²) in [6.07, 6.45) is 0.533. The summed E-state index contributed by atoms with van der Waals surface area (Å²) < 4.78 is 26.7. The lowest BCUT2D eigenvalue weighted by atomic mass is 9.99. The molecule has 1 amide bonds. The van der Waals surface area contributed by atoms with Crippen molar-refractivity contribution in [3.63, 3.8) is 0 Å². The van der Waals surface area contributed by atoms with Crippen molar-refractivity contribution < 1.29 is 18.1 Å². The first-order valence-electron chi connectivity index (χ1n) is 7.16. The fraction of sp³-hybridized carbons (Fsp3) is 0.462. The Balaban J connectivity index is 1.89. The third kappa shape index (κ3) is 2.92. The fourth-order valence-electron chi connectivity index (χ4n) is 2.98. The highest BCUT2D eigenvalue weighted by Gasteiger charge is 2.40. The number of rotatable bonds is 3. The second-order valence-corrected chi connectivity index (χ2v) is 7.44. The molecule has 1 aromatic carbocycles. The number of benzene rings is 1. The number of piperazine rings is 1. The first-order chi connectivity index (χ1) is 10.9. The summed E-state index contributed by atoms with van der Waals surface area (Å²) in [6, 6.07) is 4.97. The van der Waals surface area contributed by atoms with Gasteiger partial charge in [0.25, 0.3) is 5.69 Å².